The zero-order valence-electron chi connectivity index (χ0n) is 15.9. The van der Waals surface area contributed by atoms with Gasteiger partial charge in [-0.05, 0) is 36.1 Å². The van der Waals surface area contributed by atoms with E-state index in [9.17, 15) is 8.42 Å². The van der Waals surface area contributed by atoms with Crippen molar-refractivity contribution in [2.75, 3.05) is 19.8 Å². The highest BCUT2D eigenvalue weighted by atomic mass is 32.2. The first-order valence-electron chi connectivity index (χ1n) is 9.22. The molecule has 0 saturated heterocycles. The molecular formula is C21H27N3O2S. The lowest BCUT2D eigenvalue weighted by Crippen LogP contribution is -2.48. The van der Waals surface area contributed by atoms with Gasteiger partial charge >= 0.3 is 0 Å². The Morgan fingerprint density at radius 3 is 2.22 bits per heavy atom. The van der Waals surface area contributed by atoms with E-state index in [0.29, 0.717) is 11.4 Å². The van der Waals surface area contributed by atoms with Crippen molar-refractivity contribution < 1.29 is 8.42 Å². The second-order valence-electron chi connectivity index (χ2n) is 7.20. The molecule has 0 radical (unpaired) electrons. The van der Waals surface area contributed by atoms with Gasteiger partial charge < -0.3 is 10.6 Å². The van der Waals surface area contributed by atoms with Gasteiger partial charge in [0.1, 0.15) is 0 Å². The Balaban J connectivity index is 1.57. The molecule has 3 rings (SSSR count). The Hall–Kier alpha value is -2.34. The van der Waals surface area contributed by atoms with Crippen molar-refractivity contribution in [3.8, 4) is 0 Å². The van der Waals surface area contributed by atoms with Crippen LogP contribution in [0, 0.1) is 0 Å². The number of hydrogen-bond acceptors (Lipinski definition) is 3. The van der Waals surface area contributed by atoms with Crippen LogP contribution in [0.3, 0.4) is 0 Å². The summed E-state index contributed by atoms with van der Waals surface area (Å²) in [7, 11) is -1.40. The van der Waals surface area contributed by atoms with Crippen LogP contribution in [0.2, 0.25) is 0 Å². The van der Waals surface area contributed by atoms with E-state index in [1.807, 2.05) is 12.1 Å². The van der Waals surface area contributed by atoms with Gasteiger partial charge in [0.05, 0.1) is 4.90 Å². The van der Waals surface area contributed by atoms with Gasteiger partial charge in [-0.25, -0.2) is 8.42 Å². The number of guanidine groups is 1. The summed E-state index contributed by atoms with van der Waals surface area (Å²) < 4.78 is 23.1. The Morgan fingerprint density at radius 1 is 1.04 bits per heavy atom. The molecule has 6 heteroatoms. The number of nitrogens with zero attached hydrogens (tertiary/aromatic N) is 1. The van der Waals surface area contributed by atoms with Crippen LogP contribution in [0.4, 0.5) is 0 Å². The normalized spacial score (nSPS) is 16.4. The van der Waals surface area contributed by atoms with Crippen LogP contribution in [0.25, 0.3) is 0 Å². The molecule has 0 atom stereocenters. The largest absolute Gasteiger partial charge is 0.356 e. The zero-order valence-corrected chi connectivity index (χ0v) is 16.7. The van der Waals surface area contributed by atoms with Gasteiger partial charge in [0.15, 0.2) is 15.8 Å². The molecule has 2 N–H and O–H groups in total. The molecule has 144 valence electrons. The number of nitrogens with one attached hydrogen (secondary N) is 2. The van der Waals surface area contributed by atoms with E-state index in [0.717, 1.165) is 18.1 Å². The molecule has 1 aliphatic rings. The summed E-state index contributed by atoms with van der Waals surface area (Å²) in [6.07, 6.45) is 4.85. The van der Waals surface area contributed by atoms with Crippen LogP contribution >= 0.6 is 0 Å². The molecule has 5 nitrogen and oxygen atoms in total. The average molecular weight is 386 g/mol. The van der Waals surface area contributed by atoms with Gasteiger partial charge in [-0.3, -0.25) is 4.99 Å². The third-order valence-corrected chi connectivity index (χ3v) is 6.45. The van der Waals surface area contributed by atoms with Crippen molar-refractivity contribution in [1.29, 1.82) is 0 Å². The first kappa shape index (κ1) is 19.4. The standard InChI is InChI=1S/C21H27N3O2S/c1-22-20(23-15-17-9-11-19(12-10-17)27(2,25)26)24-16-21(13-6-14-21)18-7-4-3-5-8-18/h3-5,7-12H,6,13-16H2,1-2H3,(H2,22,23,24). The van der Waals surface area contributed by atoms with Crippen molar-refractivity contribution in [3.63, 3.8) is 0 Å². The van der Waals surface area contributed by atoms with E-state index in [4.69, 9.17) is 0 Å². The summed E-state index contributed by atoms with van der Waals surface area (Å²) in [5, 5.41) is 6.77. The Kier molecular flexibility index (Phi) is 5.85. The summed E-state index contributed by atoms with van der Waals surface area (Å²) in [5.41, 5.74) is 2.58. The molecule has 0 unspecified atom stereocenters. The fourth-order valence-corrected chi connectivity index (χ4v) is 4.11. The first-order chi connectivity index (χ1) is 12.9. The van der Waals surface area contributed by atoms with Crippen molar-refractivity contribution in [1.82, 2.24) is 10.6 Å². The molecule has 1 aliphatic carbocycles. The van der Waals surface area contributed by atoms with E-state index in [2.05, 4.69) is 46.0 Å². The van der Waals surface area contributed by atoms with E-state index >= 15 is 0 Å². The summed E-state index contributed by atoms with van der Waals surface area (Å²) in [6.45, 7) is 1.44. The summed E-state index contributed by atoms with van der Waals surface area (Å²) in [4.78, 5) is 4.65. The van der Waals surface area contributed by atoms with Crippen molar-refractivity contribution in [2.24, 2.45) is 4.99 Å². The molecular weight excluding hydrogens is 358 g/mol. The lowest BCUT2D eigenvalue weighted by atomic mass is 9.64. The monoisotopic (exact) mass is 385 g/mol. The fourth-order valence-electron chi connectivity index (χ4n) is 3.48. The zero-order chi connectivity index (χ0) is 19.3. The van der Waals surface area contributed by atoms with Crippen LogP contribution in [-0.4, -0.2) is 34.2 Å². The van der Waals surface area contributed by atoms with Gasteiger partial charge in [-0.15, -0.1) is 0 Å². The maximum atomic E-state index is 11.5. The predicted molar refractivity (Wildman–Crippen MR) is 110 cm³/mol. The molecule has 0 bridgehead atoms. The number of aliphatic imine (C=N–C) groups is 1. The minimum atomic E-state index is -3.16. The Bertz CT molecular complexity index is 887. The topological polar surface area (TPSA) is 70.6 Å². The lowest BCUT2D eigenvalue weighted by Gasteiger charge is -2.43. The molecule has 1 saturated carbocycles. The molecule has 2 aromatic rings. The highest BCUT2D eigenvalue weighted by Gasteiger charge is 2.38. The summed E-state index contributed by atoms with van der Waals surface area (Å²) in [6, 6.07) is 17.6. The number of hydrogen-bond donors (Lipinski definition) is 2. The first-order valence-corrected chi connectivity index (χ1v) is 11.1. The maximum Gasteiger partial charge on any atom is 0.191 e. The fraction of sp³-hybridized carbons (Fsp3) is 0.381. The molecule has 0 heterocycles. The van der Waals surface area contributed by atoms with Crippen LogP contribution in [0.5, 0.6) is 0 Å². The lowest BCUT2D eigenvalue weighted by molar-refractivity contribution is 0.244. The summed E-state index contributed by atoms with van der Waals surface area (Å²) >= 11 is 0. The number of rotatable bonds is 6. The highest BCUT2D eigenvalue weighted by Crippen LogP contribution is 2.43. The van der Waals surface area contributed by atoms with E-state index < -0.39 is 9.84 Å². The minimum absolute atomic E-state index is 0.190. The predicted octanol–water partition coefficient (Wildman–Crippen LogP) is 2.88. The molecule has 0 amide bonds. The smallest absolute Gasteiger partial charge is 0.191 e. The van der Waals surface area contributed by atoms with Gasteiger partial charge in [-0.1, -0.05) is 48.9 Å². The van der Waals surface area contributed by atoms with Gasteiger partial charge in [0.2, 0.25) is 0 Å². The second kappa shape index (κ2) is 8.13. The molecule has 2 aromatic carbocycles. The number of sulfone groups is 1. The molecule has 0 aromatic heterocycles. The Morgan fingerprint density at radius 2 is 1.70 bits per heavy atom. The molecule has 0 aliphatic heterocycles. The quantitative estimate of drug-likeness (QED) is 0.593. The van der Waals surface area contributed by atoms with Crippen LogP contribution in [0.15, 0.2) is 64.5 Å². The van der Waals surface area contributed by atoms with Crippen LogP contribution < -0.4 is 10.6 Å². The third-order valence-electron chi connectivity index (χ3n) is 5.33. The van der Waals surface area contributed by atoms with Crippen molar-refractivity contribution >= 4 is 15.8 Å². The molecule has 1 fully saturated rings. The van der Waals surface area contributed by atoms with Crippen molar-refractivity contribution in [2.45, 2.75) is 36.1 Å². The molecule has 0 spiro atoms. The molecule has 27 heavy (non-hydrogen) atoms. The Labute approximate surface area is 161 Å². The van der Waals surface area contributed by atoms with Crippen LogP contribution in [0.1, 0.15) is 30.4 Å². The SMILES string of the molecule is CN=C(NCc1ccc(S(C)(=O)=O)cc1)NCC1(c2ccccc2)CCC1. The van der Waals surface area contributed by atoms with Crippen molar-refractivity contribution in [3.05, 3.63) is 65.7 Å². The van der Waals surface area contributed by atoms with Gasteiger partial charge in [0, 0.05) is 31.8 Å². The minimum Gasteiger partial charge on any atom is -0.356 e. The summed E-state index contributed by atoms with van der Waals surface area (Å²) in [5.74, 6) is 0.754. The van der Waals surface area contributed by atoms with Gasteiger partial charge in [0.25, 0.3) is 0 Å². The van der Waals surface area contributed by atoms with Gasteiger partial charge in [-0.2, -0.15) is 0 Å². The second-order valence-corrected chi connectivity index (χ2v) is 9.21. The van der Waals surface area contributed by atoms with Crippen LogP contribution in [-0.2, 0) is 21.8 Å². The maximum absolute atomic E-state index is 11.5. The van der Waals surface area contributed by atoms with E-state index in [1.54, 1.807) is 19.2 Å². The average Bonchev–Trinajstić information content (AvgIpc) is 2.64. The van der Waals surface area contributed by atoms with E-state index in [1.165, 1.54) is 31.1 Å². The highest BCUT2D eigenvalue weighted by molar-refractivity contribution is 7.90. The number of benzene rings is 2. The van der Waals surface area contributed by atoms with E-state index in [-0.39, 0.29) is 5.41 Å². The third kappa shape index (κ3) is 4.69.